The van der Waals surface area contributed by atoms with Crippen molar-refractivity contribution in [1.29, 1.82) is 0 Å². The molecule has 0 aliphatic carbocycles. The number of allylic oxidation sites excluding steroid dienone is 1. The van der Waals surface area contributed by atoms with Crippen LogP contribution in [0.15, 0.2) is 52.1 Å². The van der Waals surface area contributed by atoms with Crippen molar-refractivity contribution in [2.24, 2.45) is 9.98 Å². The molecule has 0 fully saturated rings. The number of ether oxygens (including phenoxy) is 1. The Balaban J connectivity index is 1.67. The van der Waals surface area contributed by atoms with Gasteiger partial charge in [0.05, 0.1) is 23.5 Å². The smallest absolute Gasteiger partial charge is 0.252 e. The number of hydrogen-bond acceptors (Lipinski definition) is 7. The van der Waals surface area contributed by atoms with Gasteiger partial charge in [0.25, 0.3) is 5.96 Å². The van der Waals surface area contributed by atoms with Crippen LogP contribution in [-0.4, -0.2) is 55.7 Å². The standard InChI is InChI=1S/C38H56N6OS/c1-8-10-12-14-16-18-24-43(25-19-17-15-13-11-9-2)31-20-22-35(45-7)33(27-31)37-34(28-32-21-23-36(46-32)42(5)6)39-38(40-37)44-30(4)26-29(3)41-44/h20-23,26-28H,8-19,24-25H2,1-7H3/b34-28-. The summed E-state index contributed by atoms with van der Waals surface area (Å²) in [5, 5.41) is 5.91. The number of unbranched alkanes of at least 4 members (excludes halogenated alkanes) is 10. The third-order valence-electron chi connectivity index (χ3n) is 8.57. The monoisotopic (exact) mass is 644 g/mol. The van der Waals surface area contributed by atoms with Crippen molar-refractivity contribution in [3.05, 3.63) is 63.9 Å². The van der Waals surface area contributed by atoms with Gasteiger partial charge in [0.2, 0.25) is 0 Å². The molecule has 0 amide bonds. The van der Waals surface area contributed by atoms with Crippen LogP contribution in [0.1, 0.15) is 113 Å². The van der Waals surface area contributed by atoms with Gasteiger partial charge >= 0.3 is 0 Å². The molecule has 3 aromatic rings. The molecule has 8 heteroatoms. The van der Waals surface area contributed by atoms with Crippen molar-refractivity contribution in [2.75, 3.05) is 44.1 Å². The lowest BCUT2D eigenvalue weighted by Crippen LogP contribution is -2.26. The van der Waals surface area contributed by atoms with Crippen molar-refractivity contribution in [3.8, 4) is 5.75 Å². The summed E-state index contributed by atoms with van der Waals surface area (Å²) < 4.78 is 7.81. The second-order valence-corrected chi connectivity index (χ2v) is 13.8. The first-order valence-corrected chi connectivity index (χ1v) is 18.3. The molecule has 3 heterocycles. The average Bonchev–Trinajstić information content (AvgIpc) is 3.77. The number of anilines is 2. The van der Waals surface area contributed by atoms with Gasteiger partial charge in [0, 0.05) is 49.0 Å². The topological polar surface area (TPSA) is 58.2 Å². The third-order valence-corrected chi connectivity index (χ3v) is 9.77. The van der Waals surface area contributed by atoms with Crippen LogP contribution in [0, 0.1) is 13.8 Å². The minimum atomic E-state index is 0.583. The fraction of sp³-hybridized carbons (Fsp3) is 0.553. The Morgan fingerprint density at radius 2 is 1.46 bits per heavy atom. The third kappa shape index (κ3) is 9.81. The molecule has 0 radical (unpaired) electrons. The van der Waals surface area contributed by atoms with Gasteiger partial charge in [-0.1, -0.05) is 78.1 Å². The lowest BCUT2D eigenvalue weighted by atomic mass is 10.0. The summed E-state index contributed by atoms with van der Waals surface area (Å²) in [5.41, 5.74) is 5.79. The quantitative estimate of drug-likeness (QED) is 0.122. The second kappa shape index (κ2) is 18.1. The normalized spacial score (nSPS) is 13.8. The van der Waals surface area contributed by atoms with E-state index >= 15 is 0 Å². The highest BCUT2D eigenvalue weighted by Crippen LogP contribution is 2.33. The van der Waals surface area contributed by atoms with E-state index in [1.165, 1.54) is 87.7 Å². The van der Waals surface area contributed by atoms with Crippen molar-refractivity contribution in [1.82, 2.24) is 9.78 Å². The highest BCUT2D eigenvalue weighted by Gasteiger charge is 2.25. The maximum atomic E-state index is 5.96. The molecule has 0 N–H and O–H groups in total. The lowest BCUT2D eigenvalue weighted by Gasteiger charge is -2.26. The molecule has 4 rings (SSSR count). The van der Waals surface area contributed by atoms with E-state index in [1.807, 2.05) is 18.5 Å². The van der Waals surface area contributed by atoms with Gasteiger partial charge in [-0.25, -0.2) is 14.7 Å². The van der Waals surface area contributed by atoms with Gasteiger partial charge in [-0.3, -0.25) is 0 Å². The molecule has 0 unspecified atom stereocenters. The molecular formula is C38H56N6OS. The minimum absolute atomic E-state index is 0.583. The van der Waals surface area contributed by atoms with E-state index in [2.05, 4.69) is 80.2 Å². The van der Waals surface area contributed by atoms with E-state index in [1.54, 1.807) is 18.4 Å². The van der Waals surface area contributed by atoms with Crippen molar-refractivity contribution in [3.63, 3.8) is 0 Å². The zero-order valence-corrected chi connectivity index (χ0v) is 30.3. The van der Waals surface area contributed by atoms with Gasteiger partial charge in [-0.15, -0.1) is 11.3 Å². The number of nitrogens with zero attached hydrogens (tertiary/aromatic N) is 6. The highest BCUT2D eigenvalue weighted by atomic mass is 32.1. The zero-order chi connectivity index (χ0) is 32.9. The van der Waals surface area contributed by atoms with Crippen molar-refractivity contribution >= 4 is 39.8 Å². The molecule has 0 saturated carbocycles. The van der Waals surface area contributed by atoms with Crippen LogP contribution < -0.4 is 14.5 Å². The predicted molar refractivity (Wildman–Crippen MR) is 200 cm³/mol. The predicted octanol–water partition coefficient (Wildman–Crippen LogP) is 9.91. The van der Waals surface area contributed by atoms with E-state index in [4.69, 9.17) is 19.8 Å². The Morgan fingerprint density at radius 3 is 2.02 bits per heavy atom. The number of methoxy groups -OCH3 is 1. The van der Waals surface area contributed by atoms with Crippen LogP contribution in [0.25, 0.3) is 6.08 Å². The Bertz CT molecular complexity index is 1460. The zero-order valence-electron chi connectivity index (χ0n) is 29.4. The Morgan fingerprint density at radius 1 is 0.804 bits per heavy atom. The number of rotatable bonds is 19. The summed E-state index contributed by atoms with van der Waals surface area (Å²) >= 11 is 1.74. The molecule has 7 nitrogen and oxygen atoms in total. The fourth-order valence-electron chi connectivity index (χ4n) is 5.98. The summed E-state index contributed by atoms with van der Waals surface area (Å²) in [6, 6.07) is 13.0. The van der Waals surface area contributed by atoms with E-state index in [0.29, 0.717) is 5.96 Å². The van der Waals surface area contributed by atoms with Gasteiger partial charge in [0.15, 0.2) is 0 Å². The number of thiophene rings is 1. The van der Waals surface area contributed by atoms with Crippen molar-refractivity contribution < 1.29 is 4.74 Å². The second-order valence-electron chi connectivity index (χ2n) is 12.7. The molecule has 46 heavy (non-hydrogen) atoms. The summed E-state index contributed by atoms with van der Waals surface area (Å²) in [4.78, 5) is 16.0. The fourth-order valence-corrected chi connectivity index (χ4v) is 6.84. The van der Waals surface area contributed by atoms with Gasteiger partial charge in [0.1, 0.15) is 11.5 Å². The van der Waals surface area contributed by atoms with E-state index in [9.17, 15) is 0 Å². The molecule has 2 aromatic heterocycles. The van der Waals surface area contributed by atoms with Crippen molar-refractivity contribution in [2.45, 2.75) is 105 Å². The average molecular weight is 645 g/mol. The molecule has 1 aromatic carbocycles. The number of aromatic nitrogens is 2. The van der Waals surface area contributed by atoms with E-state index in [-0.39, 0.29) is 0 Å². The first kappa shape index (κ1) is 35.5. The maximum Gasteiger partial charge on any atom is 0.252 e. The molecule has 0 bridgehead atoms. The molecule has 250 valence electrons. The first-order valence-electron chi connectivity index (χ1n) is 17.5. The van der Waals surface area contributed by atoms with Gasteiger partial charge < -0.3 is 14.5 Å². The van der Waals surface area contributed by atoms with Crippen LogP contribution in [0.2, 0.25) is 0 Å². The summed E-state index contributed by atoms with van der Waals surface area (Å²) in [6.07, 6.45) is 17.7. The van der Waals surface area contributed by atoms with Crippen LogP contribution >= 0.6 is 11.3 Å². The van der Waals surface area contributed by atoms with Crippen LogP contribution in [0.4, 0.5) is 10.7 Å². The van der Waals surface area contributed by atoms with Crippen LogP contribution in [-0.2, 0) is 0 Å². The summed E-state index contributed by atoms with van der Waals surface area (Å²) in [5.74, 6) is 1.39. The number of aliphatic imine (C=N–C) groups is 2. The highest BCUT2D eigenvalue weighted by molar-refractivity contribution is 7.16. The molecule has 0 spiro atoms. The number of aryl methyl sites for hydroxylation is 2. The number of hydrogen-bond donors (Lipinski definition) is 0. The summed E-state index contributed by atoms with van der Waals surface area (Å²) in [6.45, 7) is 10.8. The van der Waals surface area contributed by atoms with E-state index < -0.39 is 0 Å². The molecule has 0 saturated heterocycles. The van der Waals surface area contributed by atoms with Crippen LogP contribution in [0.3, 0.4) is 0 Å². The summed E-state index contributed by atoms with van der Waals surface area (Å²) in [7, 11) is 5.89. The molecule has 1 aliphatic rings. The van der Waals surface area contributed by atoms with Gasteiger partial charge in [-0.05, 0) is 69.2 Å². The van der Waals surface area contributed by atoms with Gasteiger partial charge in [-0.2, -0.15) is 5.10 Å². The number of benzene rings is 1. The Kier molecular flexibility index (Phi) is 13.9. The maximum absolute atomic E-state index is 5.96. The van der Waals surface area contributed by atoms with Crippen LogP contribution in [0.5, 0.6) is 5.75 Å². The minimum Gasteiger partial charge on any atom is -0.496 e. The lowest BCUT2D eigenvalue weighted by molar-refractivity contribution is 0.414. The Labute approximate surface area is 282 Å². The molecular weight excluding hydrogens is 589 g/mol. The molecule has 1 aliphatic heterocycles. The first-order chi connectivity index (χ1) is 22.3. The SMILES string of the molecule is CCCCCCCCN(CCCCCCCC)c1ccc(OC)c(C2=NC(n3nc(C)cc3C)=N/C2=C\c2ccc(N(C)C)s2)c1. The Hall–Kier alpha value is -3.39. The molecule has 0 atom stereocenters. The van der Waals surface area contributed by atoms with E-state index in [0.717, 1.165) is 52.1 Å². The largest absolute Gasteiger partial charge is 0.496 e.